The monoisotopic (exact) mass is 231 g/mol. The van der Waals surface area contributed by atoms with Crippen LogP contribution in [0.2, 0.25) is 0 Å². The van der Waals surface area contributed by atoms with E-state index in [9.17, 15) is 5.11 Å². The molecule has 0 amide bonds. The quantitative estimate of drug-likeness (QED) is 0.837. The normalized spacial score (nSPS) is 29.8. The van der Waals surface area contributed by atoms with Crippen LogP contribution in [-0.2, 0) is 12.0 Å². The van der Waals surface area contributed by atoms with Crippen molar-refractivity contribution in [3.05, 3.63) is 35.4 Å². The third-order valence-electron chi connectivity index (χ3n) is 4.27. The summed E-state index contributed by atoms with van der Waals surface area (Å²) in [6.07, 6.45) is 5.61. The van der Waals surface area contributed by atoms with Gasteiger partial charge in [-0.25, -0.2) is 0 Å². The molecular formula is C15H21NO. The third kappa shape index (κ3) is 2.00. The number of hydrogen-bond donors (Lipinski definition) is 2. The van der Waals surface area contributed by atoms with Crippen molar-refractivity contribution in [2.75, 3.05) is 0 Å². The fraction of sp³-hybridized carbons (Fsp3) is 0.600. The Bertz CT molecular complexity index is 413. The molecule has 2 aliphatic rings. The van der Waals surface area contributed by atoms with E-state index in [0.717, 1.165) is 24.8 Å². The average molecular weight is 231 g/mol. The lowest BCUT2D eigenvalue weighted by Gasteiger charge is -2.39. The summed E-state index contributed by atoms with van der Waals surface area (Å²) < 4.78 is 0. The van der Waals surface area contributed by atoms with E-state index in [2.05, 4.69) is 30.4 Å². The third-order valence-corrected chi connectivity index (χ3v) is 4.27. The predicted molar refractivity (Wildman–Crippen MR) is 68.9 cm³/mol. The summed E-state index contributed by atoms with van der Waals surface area (Å²) in [4.78, 5) is 0. The molecule has 0 bridgehead atoms. The lowest BCUT2D eigenvalue weighted by atomic mass is 9.75. The molecule has 1 fully saturated rings. The number of aliphatic hydroxyl groups is 1. The first-order valence-corrected chi connectivity index (χ1v) is 6.77. The summed E-state index contributed by atoms with van der Waals surface area (Å²) in [6.45, 7) is 2.13. The van der Waals surface area contributed by atoms with Gasteiger partial charge in [-0.1, -0.05) is 24.3 Å². The van der Waals surface area contributed by atoms with Crippen molar-refractivity contribution in [3.8, 4) is 0 Å². The number of hydrogen-bond acceptors (Lipinski definition) is 2. The van der Waals surface area contributed by atoms with Gasteiger partial charge in [0.05, 0.1) is 0 Å². The van der Waals surface area contributed by atoms with E-state index in [1.54, 1.807) is 0 Å². The molecule has 92 valence electrons. The van der Waals surface area contributed by atoms with Crippen LogP contribution in [0.15, 0.2) is 24.3 Å². The van der Waals surface area contributed by atoms with Crippen molar-refractivity contribution in [1.82, 2.24) is 5.32 Å². The van der Waals surface area contributed by atoms with Crippen molar-refractivity contribution in [2.24, 2.45) is 0 Å². The molecule has 0 heterocycles. The van der Waals surface area contributed by atoms with Gasteiger partial charge in [-0.2, -0.15) is 0 Å². The number of rotatable bonds is 3. The molecule has 1 saturated carbocycles. The van der Waals surface area contributed by atoms with Crippen molar-refractivity contribution < 1.29 is 5.11 Å². The van der Waals surface area contributed by atoms with E-state index in [4.69, 9.17) is 0 Å². The van der Waals surface area contributed by atoms with Gasteiger partial charge in [0.1, 0.15) is 5.60 Å². The van der Waals surface area contributed by atoms with E-state index in [-0.39, 0.29) is 6.04 Å². The lowest BCUT2D eigenvalue weighted by molar-refractivity contribution is -0.0141. The first kappa shape index (κ1) is 11.2. The topological polar surface area (TPSA) is 32.3 Å². The highest BCUT2D eigenvalue weighted by molar-refractivity contribution is 5.36. The van der Waals surface area contributed by atoms with E-state index in [1.165, 1.54) is 18.4 Å². The number of benzene rings is 1. The highest BCUT2D eigenvalue weighted by atomic mass is 16.3. The Kier molecular flexibility index (Phi) is 2.72. The molecule has 2 atom stereocenters. The summed E-state index contributed by atoms with van der Waals surface area (Å²) in [5.41, 5.74) is 1.80. The van der Waals surface area contributed by atoms with E-state index in [0.29, 0.717) is 6.04 Å². The summed E-state index contributed by atoms with van der Waals surface area (Å²) in [6, 6.07) is 9.16. The van der Waals surface area contributed by atoms with Gasteiger partial charge in [0.25, 0.3) is 0 Å². The first-order valence-electron chi connectivity index (χ1n) is 6.77. The molecule has 0 radical (unpaired) electrons. The summed E-state index contributed by atoms with van der Waals surface area (Å²) in [5, 5.41) is 14.6. The van der Waals surface area contributed by atoms with Crippen LogP contribution in [-0.4, -0.2) is 17.2 Å². The molecule has 0 saturated heterocycles. The molecule has 2 heteroatoms. The summed E-state index contributed by atoms with van der Waals surface area (Å²) >= 11 is 0. The van der Waals surface area contributed by atoms with Crippen molar-refractivity contribution in [1.29, 1.82) is 0 Å². The van der Waals surface area contributed by atoms with E-state index < -0.39 is 5.60 Å². The zero-order chi connectivity index (χ0) is 11.9. The Hall–Kier alpha value is -0.860. The van der Waals surface area contributed by atoms with Crippen molar-refractivity contribution >= 4 is 0 Å². The van der Waals surface area contributed by atoms with Crippen LogP contribution in [0.5, 0.6) is 0 Å². The van der Waals surface area contributed by atoms with Gasteiger partial charge in [-0.05, 0) is 50.2 Å². The van der Waals surface area contributed by atoms with Crippen LogP contribution in [0.1, 0.15) is 43.7 Å². The standard InChI is InChI=1S/C15H21NO/c1-11(16-13-8-9-13)15(17)10-4-6-12-5-2-3-7-14(12)15/h2-3,5,7,11,13,16-17H,4,6,8-10H2,1H3. The van der Waals surface area contributed by atoms with E-state index in [1.807, 2.05) is 6.07 Å². The van der Waals surface area contributed by atoms with Gasteiger partial charge in [0, 0.05) is 12.1 Å². The van der Waals surface area contributed by atoms with Gasteiger partial charge < -0.3 is 10.4 Å². The Labute approximate surface area is 103 Å². The Morgan fingerprint density at radius 3 is 2.88 bits per heavy atom. The number of fused-ring (bicyclic) bond motifs is 1. The van der Waals surface area contributed by atoms with Crippen LogP contribution in [0, 0.1) is 0 Å². The van der Waals surface area contributed by atoms with Crippen LogP contribution in [0.25, 0.3) is 0 Å². The lowest BCUT2D eigenvalue weighted by Crippen LogP contribution is -2.49. The Balaban J connectivity index is 1.90. The summed E-state index contributed by atoms with van der Waals surface area (Å²) in [5.74, 6) is 0. The molecule has 17 heavy (non-hydrogen) atoms. The summed E-state index contributed by atoms with van der Waals surface area (Å²) in [7, 11) is 0. The van der Waals surface area contributed by atoms with Crippen molar-refractivity contribution in [2.45, 2.75) is 56.7 Å². The zero-order valence-corrected chi connectivity index (χ0v) is 10.4. The molecule has 2 N–H and O–H groups in total. The first-order chi connectivity index (χ1) is 8.20. The van der Waals surface area contributed by atoms with Crippen LogP contribution in [0.4, 0.5) is 0 Å². The van der Waals surface area contributed by atoms with Gasteiger partial charge >= 0.3 is 0 Å². The predicted octanol–water partition coefficient (Wildman–Crippen LogP) is 2.35. The van der Waals surface area contributed by atoms with Gasteiger partial charge in [-0.3, -0.25) is 0 Å². The molecule has 0 aliphatic heterocycles. The maximum absolute atomic E-state index is 11.0. The molecule has 1 aromatic carbocycles. The minimum Gasteiger partial charge on any atom is -0.384 e. The minimum atomic E-state index is -0.669. The van der Waals surface area contributed by atoms with E-state index >= 15 is 0 Å². The molecule has 0 aromatic heterocycles. The Morgan fingerprint density at radius 2 is 2.12 bits per heavy atom. The van der Waals surface area contributed by atoms with Crippen LogP contribution < -0.4 is 5.32 Å². The zero-order valence-electron chi connectivity index (χ0n) is 10.4. The van der Waals surface area contributed by atoms with Crippen LogP contribution in [0.3, 0.4) is 0 Å². The highest BCUT2D eigenvalue weighted by Gasteiger charge is 2.41. The molecular weight excluding hydrogens is 210 g/mol. The van der Waals surface area contributed by atoms with Crippen molar-refractivity contribution in [3.63, 3.8) is 0 Å². The number of nitrogens with one attached hydrogen (secondary N) is 1. The fourth-order valence-corrected chi connectivity index (χ4v) is 3.03. The molecule has 2 nitrogen and oxygen atoms in total. The fourth-order valence-electron chi connectivity index (χ4n) is 3.03. The second-order valence-corrected chi connectivity index (χ2v) is 5.60. The molecule has 2 aliphatic carbocycles. The second-order valence-electron chi connectivity index (χ2n) is 5.60. The maximum Gasteiger partial charge on any atom is 0.105 e. The largest absolute Gasteiger partial charge is 0.384 e. The number of aryl methyl sites for hydroxylation is 1. The van der Waals surface area contributed by atoms with Gasteiger partial charge in [0.15, 0.2) is 0 Å². The maximum atomic E-state index is 11.0. The molecule has 1 aromatic rings. The van der Waals surface area contributed by atoms with Gasteiger partial charge in [0.2, 0.25) is 0 Å². The average Bonchev–Trinajstić information content (AvgIpc) is 3.14. The molecule has 0 spiro atoms. The highest BCUT2D eigenvalue weighted by Crippen LogP contribution is 2.38. The molecule has 2 unspecified atom stereocenters. The van der Waals surface area contributed by atoms with Crippen LogP contribution >= 0.6 is 0 Å². The minimum absolute atomic E-state index is 0.149. The SMILES string of the molecule is CC(NC1CC1)C1(O)CCCc2ccccc21. The smallest absolute Gasteiger partial charge is 0.105 e. The molecule has 3 rings (SSSR count). The van der Waals surface area contributed by atoms with Gasteiger partial charge in [-0.15, -0.1) is 0 Å². The Morgan fingerprint density at radius 1 is 1.35 bits per heavy atom. The second kappa shape index (κ2) is 4.11.